The van der Waals surface area contributed by atoms with Crippen molar-refractivity contribution in [3.8, 4) is 17.2 Å². The Balaban J connectivity index is 1.33. The number of pyridine rings is 1. The molecule has 0 spiro atoms. The zero-order valence-electron chi connectivity index (χ0n) is 22.8. The summed E-state index contributed by atoms with van der Waals surface area (Å²) in [5.41, 5.74) is 1.45. The molecule has 1 aromatic heterocycles. The zero-order chi connectivity index (χ0) is 29.3. The summed E-state index contributed by atoms with van der Waals surface area (Å²) in [5.74, 6) is -1.34. The fourth-order valence-corrected chi connectivity index (χ4v) is 4.97. The number of rotatable bonds is 10. The van der Waals surface area contributed by atoms with E-state index in [1.807, 2.05) is 0 Å². The van der Waals surface area contributed by atoms with Crippen molar-refractivity contribution >= 4 is 28.4 Å². The fraction of sp³-hybridized carbons (Fsp3) is 0.250. The molecule has 0 bridgehead atoms. The van der Waals surface area contributed by atoms with Gasteiger partial charge in [-0.25, -0.2) is 8.78 Å². The van der Waals surface area contributed by atoms with Gasteiger partial charge in [0.25, 0.3) is 5.91 Å². The van der Waals surface area contributed by atoms with Gasteiger partial charge < -0.3 is 14.8 Å². The lowest BCUT2D eigenvalue weighted by molar-refractivity contribution is -0.133. The second-order valence-corrected chi connectivity index (χ2v) is 10.2. The van der Waals surface area contributed by atoms with Crippen molar-refractivity contribution in [2.75, 3.05) is 14.2 Å². The van der Waals surface area contributed by atoms with Crippen LogP contribution in [0, 0.1) is 24.0 Å². The number of carbonyl (C=O) groups excluding carboxylic acids is 3. The minimum Gasteiger partial charge on any atom is -0.496 e. The summed E-state index contributed by atoms with van der Waals surface area (Å²) < 4.78 is 39.8. The van der Waals surface area contributed by atoms with Crippen LogP contribution in [0.2, 0.25) is 0 Å². The number of fused-ring (bicyclic) bond motifs is 1. The highest BCUT2D eigenvalue weighted by atomic mass is 19.1. The molecule has 0 atom stereocenters. The third kappa shape index (κ3) is 5.52. The summed E-state index contributed by atoms with van der Waals surface area (Å²) in [7, 11) is 2.95. The van der Waals surface area contributed by atoms with Crippen LogP contribution < -0.4 is 14.8 Å². The maximum Gasteiger partial charge on any atom is 0.254 e. The minimum atomic E-state index is -1.08. The van der Waals surface area contributed by atoms with E-state index in [1.165, 1.54) is 44.6 Å². The Hall–Kier alpha value is -4.66. The van der Waals surface area contributed by atoms with E-state index in [0.717, 1.165) is 0 Å². The zero-order valence-corrected chi connectivity index (χ0v) is 22.8. The molecular formula is C32H28F2N2O5. The monoisotopic (exact) mass is 558 g/mol. The standard InChI is InChI=1S/C32H28F2N2O5/c1-18-12-21(33)6-5-20(18)15-30(38)32(9-10-32)29(37)14-19-4-7-27(24(34)13-19)41-26-8-11-36-25-17-28(40-3)23(16-22(25)26)31(39)35-2/h4-8,11-13,16-17H,9-10,14-15H2,1-3H3,(H,35,39). The van der Waals surface area contributed by atoms with E-state index in [0.29, 0.717) is 46.2 Å². The van der Waals surface area contributed by atoms with Crippen LogP contribution >= 0.6 is 0 Å². The van der Waals surface area contributed by atoms with Crippen LogP contribution in [-0.4, -0.2) is 36.6 Å². The molecule has 1 saturated carbocycles. The van der Waals surface area contributed by atoms with E-state index < -0.39 is 11.2 Å². The van der Waals surface area contributed by atoms with Gasteiger partial charge in [0.2, 0.25) is 0 Å². The molecule has 0 saturated heterocycles. The van der Waals surface area contributed by atoms with Gasteiger partial charge in [0.15, 0.2) is 23.1 Å². The number of amides is 1. The summed E-state index contributed by atoms with van der Waals surface area (Å²) >= 11 is 0. The predicted molar refractivity (Wildman–Crippen MR) is 148 cm³/mol. The Labute approximate surface area is 235 Å². The van der Waals surface area contributed by atoms with E-state index in [1.54, 1.807) is 37.3 Å². The molecule has 1 aliphatic carbocycles. The largest absolute Gasteiger partial charge is 0.496 e. The van der Waals surface area contributed by atoms with Crippen LogP contribution in [0.15, 0.2) is 60.8 Å². The molecule has 0 radical (unpaired) electrons. The molecule has 1 heterocycles. The van der Waals surface area contributed by atoms with Gasteiger partial charge in [0.1, 0.15) is 17.3 Å². The lowest BCUT2D eigenvalue weighted by atomic mass is 9.87. The molecule has 1 N–H and O–H groups in total. The Morgan fingerprint density at radius 2 is 1.68 bits per heavy atom. The first-order valence-electron chi connectivity index (χ1n) is 13.1. The summed E-state index contributed by atoms with van der Waals surface area (Å²) in [6.07, 6.45) is 2.35. The highest BCUT2D eigenvalue weighted by Crippen LogP contribution is 2.49. The smallest absolute Gasteiger partial charge is 0.254 e. The third-order valence-corrected chi connectivity index (χ3v) is 7.55. The molecule has 7 nitrogen and oxygen atoms in total. The third-order valence-electron chi connectivity index (χ3n) is 7.55. The van der Waals surface area contributed by atoms with Crippen molar-refractivity contribution in [3.63, 3.8) is 0 Å². The molecule has 1 fully saturated rings. The summed E-state index contributed by atoms with van der Waals surface area (Å²) in [6.45, 7) is 1.73. The summed E-state index contributed by atoms with van der Waals surface area (Å²) in [4.78, 5) is 42.9. The second-order valence-electron chi connectivity index (χ2n) is 10.2. The number of benzene rings is 3. The number of aryl methyl sites for hydroxylation is 1. The van der Waals surface area contributed by atoms with Gasteiger partial charge in [-0.2, -0.15) is 0 Å². The maximum absolute atomic E-state index is 15.2. The van der Waals surface area contributed by atoms with E-state index in [9.17, 15) is 18.8 Å². The number of ether oxygens (including phenoxy) is 2. The van der Waals surface area contributed by atoms with Crippen molar-refractivity contribution in [1.29, 1.82) is 0 Å². The SMILES string of the molecule is CNC(=O)c1cc2c(Oc3ccc(CC(=O)C4(C(=O)Cc5ccc(F)cc5C)CC4)cc3F)ccnc2cc1OC. The van der Waals surface area contributed by atoms with E-state index >= 15 is 4.39 Å². The Kier molecular flexibility index (Phi) is 7.53. The van der Waals surface area contributed by atoms with Crippen LogP contribution in [0.5, 0.6) is 17.2 Å². The van der Waals surface area contributed by atoms with Crippen molar-refractivity contribution in [3.05, 3.63) is 94.7 Å². The molecule has 9 heteroatoms. The van der Waals surface area contributed by atoms with Gasteiger partial charge in [-0.3, -0.25) is 19.4 Å². The number of aromatic nitrogens is 1. The highest BCUT2D eigenvalue weighted by molar-refractivity contribution is 6.11. The van der Waals surface area contributed by atoms with Crippen LogP contribution in [0.25, 0.3) is 10.9 Å². The van der Waals surface area contributed by atoms with Crippen molar-refractivity contribution in [2.24, 2.45) is 5.41 Å². The van der Waals surface area contributed by atoms with Gasteiger partial charge in [-0.05, 0) is 72.9 Å². The maximum atomic E-state index is 15.2. The molecule has 5 rings (SSSR count). The number of nitrogens with one attached hydrogen (secondary N) is 1. The van der Waals surface area contributed by atoms with Crippen LogP contribution in [0.4, 0.5) is 8.78 Å². The Bertz CT molecular complexity index is 1700. The number of halogens is 2. The quantitative estimate of drug-likeness (QED) is 0.252. The average Bonchev–Trinajstić information content (AvgIpc) is 3.77. The molecule has 0 aliphatic heterocycles. The lowest BCUT2D eigenvalue weighted by Gasteiger charge is -2.15. The first-order valence-corrected chi connectivity index (χ1v) is 13.1. The van der Waals surface area contributed by atoms with Gasteiger partial charge in [-0.15, -0.1) is 0 Å². The van der Waals surface area contributed by atoms with Gasteiger partial charge >= 0.3 is 0 Å². The van der Waals surface area contributed by atoms with Gasteiger partial charge in [-0.1, -0.05) is 12.1 Å². The number of nitrogens with zero attached hydrogens (tertiary/aromatic N) is 1. The van der Waals surface area contributed by atoms with E-state index in [-0.39, 0.29) is 53.2 Å². The topological polar surface area (TPSA) is 94.6 Å². The Morgan fingerprint density at radius 3 is 2.34 bits per heavy atom. The highest BCUT2D eigenvalue weighted by Gasteiger charge is 2.54. The summed E-state index contributed by atoms with van der Waals surface area (Å²) in [6, 6.07) is 13.2. The first kappa shape index (κ1) is 27.9. The van der Waals surface area contributed by atoms with Crippen LogP contribution in [0.1, 0.15) is 39.9 Å². The lowest BCUT2D eigenvalue weighted by Crippen LogP contribution is -2.29. The average molecular weight is 559 g/mol. The minimum absolute atomic E-state index is 0.0480. The number of Topliss-reactive ketones (excluding diaryl/α,β-unsaturated/α-hetero) is 2. The fourth-order valence-electron chi connectivity index (χ4n) is 4.97. The first-order chi connectivity index (χ1) is 19.6. The Morgan fingerprint density at radius 1 is 0.927 bits per heavy atom. The van der Waals surface area contributed by atoms with Crippen LogP contribution in [0.3, 0.4) is 0 Å². The number of hydrogen-bond acceptors (Lipinski definition) is 6. The number of ketones is 2. The molecular weight excluding hydrogens is 530 g/mol. The van der Waals surface area contributed by atoms with Crippen molar-refractivity contribution in [1.82, 2.24) is 10.3 Å². The van der Waals surface area contributed by atoms with E-state index in [2.05, 4.69) is 10.3 Å². The number of methoxy groups -OCH3 is 1. The molecule has 0 unspecified atom stereocenters. The van der Waals surface area contributed by atoms with Crippen molar-refractivity contribution < 1.29 is 32.6 Å². The number of carbonyl (C=O) groups is 3. The predicted octanol–water partition coefficient (Wildman–Crippen LogP) is 5.69. The molecule has 41 heavy (non-hydrogen) atoms. The normalized spacial score (nSPS) is 13.5. The molecule has 3 aromatic carbocycles. The van der Waals surface area contributed by atoms with Gasteiger partial charge in [0.05, 0.1) is 23.6 Å². The molecule has 1 aliphatic rings. The van der Waals surface area contributed by atoms with Gasteiger partial charge in [0, 0.05) is 37.5 Å². The number of hydrogen-bond donors (Lipinski definition) is 1. The summed E-state index contributed by atoms with van der Waals surface area (Å²) in [5, 5.41) is 3.04. The molecule has 1 amide bonds. The molecule has 4 aromatic rings. The van der Waals surface area contributed by atoms with E-state index in [4.69, 9.17) is 9.47 Å². The molecule has 210 valence electrons. The van der Waals surface area contributed by atoms with Crippen molar-refractivity contribution in [2.45, 2.75) is 32.6 Å². The van der Waals surface area contributed by atoms with Crippen LogP contribution in [-0.2, 0) is 22.4 Å². The second kappa shape index (κ2) is 11.1.